The van der Waals surface area contributed by atoms with Gasteiger partial charge in [-0.15, -0.1) is 0 Å². The van der Waals surface area contributed by atoms with Crippen LogP contribution in [0.15, 0.2) is 24.3 Å². The Morgan fingerprint density at radius 1 is 1.22 bits per heavy atom. The highest BCUT2D eigenvalue weighted by Gasteiger charge is 2.29. The maximum absolute atomic E-state index is 12.3. The first kappa shape index (κ1) is 20.7. The van der Waals surface area contributed by atoms with Crippen LogP contribution in [0.2, 0.25) is 0 Å². The van der Waals surface area contributed by atoms with Crippen molar-refractivity contribution < 1.29 is 19.1 Å². The molecule has 0 saturated carbocycles. The molecule has 0 bridgehead atoms. The van der Waals surface area contributed by atoms with Crippen LogP contribution in [-0.4, -0.2) is 60.0 Å². The SMILES string of the molecule is CCOC(=O)N1CCC(N(CCC(=O)Nc2ccccc2C)C(C)=O)CC1. The van der Waals surface area contributed by atoms with E-state index >= 15 is 0 Å². The molecule has 0 atom stereocenters. The number of benzene rings is 1. The monoisotopic (exact) mass is 375 g/mol. The smallest absolute Gasteiger partial charge is 0.409 e. The zero-order valence-corrected chi connectivity index (χ0v) is 16.4. The van der Waals surface area contributed by atoms with E-state index in [-0.39, 0.29) is 30.4 Å². The average Bonchev–Trinajstić information content (AvgIpc) is 2.64. The lowest BCUT2D eigenvalue weighted by Gasteiger charge is -2.37. The Morgan fingerprint density at radius 2 is 1.89 bits per heavy atom. The third-order valence-electron chi connectivity index (χ3n) is 4.83. The van der Waals surface area contributed by atoms with Crippen molar-refractivity contribution in [2.45, 2.75) is 46.1 Å². The normalized spacial score (nSPS) is 14.6. The van der Waals surface area contributed by atoms with E-state index in [2.05, 4.69) is 5.32 Å². The summed E-state index contributed by atoms with van der Waals surface area (Å²) in [5, 5.41) is 2.90. The summed E-state index contributed by atoms with van der Waals surface area (Å²) in [5.74, 6) is -0.159. The summed E-state index contributed by atoms with van der Waals surface area (Å²) in [6.07, 6.45) is 1.32. The highest BCUT2D eigenvalue weighted by Crippen LogP contribution is 2.19. The van der Waals surface area contributed by atoms with Gasteiger partial charge in [-0.1, -0.05) is 18.2 Å². The van der Waals surface area contributed by atoms with E-state index in [4.69, 9.17) is 4.74 Å². The molecule has 1 aromatic carbocycles. The molecule has 1 aliphatic heterocycles. The van der Waals surface area contributed by atoms with Gasteiger partial charge >= 0.3 is 6.09 Å². The predicted octanol–water partition coefficient (Wildman–Crippen LogP) is 2.79. The summed E-state index contributed by atoms with van der Waals surface area (Å²) >= 11 is 0. The number of carbonyl (C=O) groups is 3. The minimum Gasteiger partial charge on any atom is -0.450 e. The summed E-state index contributed by atoms with van der Waals surface area (Å²) < 4.78 is 5.02. The fourth-order valence-corrected chi connectivity index (χ4v) is 3.32. The molecule has 3 amide bonds. The van der Waals surface area contributed by atoms with Crippen molar-refractivity contribution in [3.05, 3.63) is 29.8 Å². The second-order valence-corrected chi connectivity index (χ2v) is 6.74. The fraction of sp³-hybridized carbons (Fsp3) is 0.550. The van der Waals surface area contributed by atoms with Gasteiger partial charge in [0.25, 0.3) is 0 Å². The van der Waals surface area contributed by atoms with Crippen molar-refractivity contribution in [2.24, 2.45) is 0 Å². The number of hydrogen-bond donors (Lipinski definition) is 1. The molecule has 1 aromatic rings. The van der Waals surface area contributed by atoms with Crippen molar-refractivity contribution in [3.8, 4) is 0 Å². The maximum Gasteiger partial charge on any atom is 0.409 e. The van der Waals surface area contributed by atoms with Gasteiger partial charge in [-0.3, -0.25) is 9.59 Å². The lowest BCUT2D eigenvalue weighted by molar-refractivity contribution is -0.132. The molecular formula is C20H29N3O4. The number of nitrogens with zero attached hydrogens (tertiary/aromatic N) is 2. The molecule has 27 heavy (non-hydrogen) atoms. The highest BCUT2D eigenvalue weighted by molar-refractivity contribution is 5.91. The molecule has 1 saturated heterocycles. The van der Waals surface area contributed by atoms with Crippen LogP contribution in [0.5, 0.6) is 0 Å². The molecule has 1 aliphatic rings. The zero-order valence-electron chi connectivity index (χ0n) is 16.4. The number of carbonyl (C=O) groups excluding carboxylic acids is 3. The molecule has 1 N–H and O–H groups in total. The molecule has 0 unspecified atom stereocenters. The number of para-hydroxylation sites is 1. The molecule has 0 aliphatic carbocycles. The summed E-state index contributed by atoms with van der Waals surface area (Å²) in [4.78, 5) is 39.6. The summed E-state index contributed by atoms with van der Waals surface area (Å²) in [6.45, 7) is 7.09. The molecule has 0 radical (unpaired) electrons. The molecular weight excluding hydrogens is 346 g/mol. The van der Waals surface area contributed by atoms with Crippen LogP contribution in [0, 0.1) is 6.92 Å². The first-order chi connectivity index (χ1) is 12.9. The van der Waals surface area contributed by atoms with Crippen molar-refractivity contribution in [2.75, 3.05) is 31.6 Å². The van der Waals surface area contributed by atoms with Gasteiger partial charge < -0.3 is 19.9 Å². The fourth-order valence-electron chi connectivity index (χ4n) is 3.32. The number of piperidine rings is 1. The van der Waals surface area contributed by atoms with Crippen molar-refractivity contribution >= 4 is 23.6 Å². The number of amides is 3. The van der Waals surface area contributed by atoms with Crippen LogP contribution in [-0.2, 0) is 14.3 Å². The number of hydrogen-bond acceptors (Lipinski definition) is 4. The largest absolute Gasteiger partial charge is 0.450 e. The molecule has 0 spiro atoms. The number of aryl methyl sites for hydroxylation is 1. The van der Waals surface area contributed by atoms with E-state index in [1.807, 2.05) is 31.2 Å². The molecule has 7 heteroatoms. The molecule has 0 aromatic heterocycles. The zero-order chi connectivity index (χ0) is 19.8. The third-order valence-corrected chi connectivity index (χ3v) is 4.83. The Labute approximate surface area is 160 Å². The van der Waals surface area contributed by atoms with Crippen LogP contribution in [0.1, 0.15) is 38.7 Å². The highest BCUT2D eigenvalue weighted by atomic mass is 16.6. The quantitative estimate of drug-likeness (QED) is 0.829. The Hall–Kier alpha value is -2.57. The molecule has 1 fully saturated rings. The second-order valence-electron chi connectivity index (χ2n) is 6.74. The Bertz CT molecular complexity index is 669. The predicted molar refractivity (Wildman–Crippen MR) is 103 cm³/mol. The van der Waals surface area contributed by atoms with E-state index in [0.29, 0.717) is 39.1 Å². The van der Waals surface area contributed by atoms with E-state index < -0.39 is 0 Å². The summed E-state index contributed by atoms with van der Waals surface area (Å²) in [5.41, 5.74) is 1.79. The van der Waals surface area contributed by atoms with Crippen LogP contribution in [0.25, 0.3) is 0 Å². The van der Waals surface area contributed by atoms with Gasteiger partial charge in [-0.05, 0) is 38.3 Å². The number of nitrogens with one attached hydrogen (secondary N) is 1. The number of ether oxygens (including phenoxy) is 1. The number of anilines is 1. The van der Waals surface area contributed by atoms with E-state index in [1.54, 1.807) is 16.7 Å². The first-order valence-corrected chi connectivity index (χ1v) is 9.46. The van der Waals surface area contributed by atoms with E-state index in [0.717, 1.165) is 11.3 Å². The van der Waals surface area contributed by atoms with E-state index in [1.165, 1.54) is 6.92 Å². The average molecular weight is 375 g/mol. The van der Waals surface area contributed by atoms with Crippen molar-refractivity contribution in [3.63, 3.8) is 0 Å². The Balaban J connectivity index is 1.85. The minimum absolute atomic E-state index is 0.0411. The molecule has 1 heterocycles. The summed E-state index contributed by atoms with van der Waals surface area (Å²) in [7, 11) is 0. The Morgan fingerprint density at radius 3 is 2.48 bits per heavy atom. The van der Waals surface area contributed by atoms with Gasteiger partial charge in [0.2, 0.25) is 11.8 Å². The van der Waals surface area contributed by atoms with Gasteiger partial charge in [0.15, 0.2) is 0 Å². The van der Waals surface area contributed by atoms with Crippen LogP contribution < -0.4 is 5.32 Å². The van der Waals surface area contributed by atoms with Crippen LogP contribution >= 0.6 is 0 Å². The lowest BCUT2D eigenvalue weighted by atomic mass is 10.0. The van der Waals surface area contributed by atoms with Crippen LogP contribution in [0.4, 0.5) is 10.5 Å². The number of likely N-dealkylation sites (tertiary alicyclic amines) is 1. The van der Waals surface area contributed by atoms with Gasteiger partial charge in [0.1, 0.15) is 0 Å². The lowest BCUT2D eigenvalue weighted by Crippen LogP contribution is -2.49. The van der Waals surface area contributed by atoms with Crippen molar-refractivity contribution in [1.82, 2.24) is 9.80 Å². The third kappa shape index (κ3) is 5.98. The molecule has 2 rings (SSSR count). The van der Waals surface area contributed by atoms with Gasteiger partial charge in [-0.25, -0.2) is 4.79 Å². The van der Waals surface area contributed by atoms with Gasteiger partial charge in [-0.2, -0.15) is 0 Å². The summed E-state index contributed by atoms with van der Waals surface area (Å²) in [6, 6.07) is 7.64. The topological polar surface area (TPSA) is 79.0 Å². The van der Waals surface area contributed by atoms with Gasteiger partial charge in [0.05, 0.1) is 6.61 Å². The van der Waals surface area contributed by atoms with Gasteiger partial charge in [0, 0.05) is 44.7 Å². The maximum atomic E-state index is 12.3. The van der Waals surface area contributed by atoms with Crippen molar-refractivity contribution in [1.29, 1.82) is 0 Å². The van der Waals surface area contributed by atoms with Crippen LogP contribution in [0.3, 0.4) is 0 Å². The molecule has 7 nitrogen and oxygen atoms in total. The second kappa shape index (κ2) is 9.94. The van der Waals surface area contributed by atoms with E-state index in [9.17, 15) is 14.4 Å². The number of rotatable bonds is 6. The minimum atomic E-state index is -0.303. The first-order valence-electron chi connectivity index (χ1n) is 9.46. The Kier molecular flexibility index (Phi) is 7.64. The standard InChI is InChI=1S/C20H29N3O4/c1-4-27-20(26)22-12-9-17(10-13-22)23(16(3)24)14-11-19(25)21-18-8-6-5-7-15(18)2/h5-8,17H,4,9-14H2,1-3H3,(H,21,25). The molecule has 148 valence electrons.